The van der Waals surface area contributed by atoms with Crippen molar-refractivity contribution in [2.24, 2.45) is 0 Å². The van der Waals surface area contributed by atoms with Crippen LogP contribution in [0.4, 0.5) is 23.0 Å². The highest BCUT2D eigenvalue weighted by atomic mass is 16.5. The summed E-state index contributed by atoms with van der Waals surface area (Å²) in [6.45, 7) is 1.66. The van der Waals surface area contributed by atoms with Gasteiger partial charge in [0.1, 0.15) is 5.75 Å². The number of likely N-dealkylation sites (N-methyl/N-ethyl adjacent to an activating group) is 2. The van der Waals surface area contributed by atoms with Gasteiger partial charge in [0.05, 0.1) is 29.9 Å². The molecule has 0 fully saturated rings. The number of aromatic amines is 1. The number of methoxy groups -OCH3 is 1. The average Bonchev–Trinajstić information content (AvgIpc) is 3.26. The molecule has 0 saturated heterocycles. The summed E-state index contributed by atoms with van der Waals surface area (Å²) >= 11 is 0. The number of anilines is 4. The molecule has 0 aliphatic carbocycles. The van der Waals surface area contributed by atoms with Crippen LogP contribution in [0.1, 0.15) is 2.85 Å². The lowest BCUT2D eigenvalue weighted by molar-refractivity contribution is 0.388. The van der Waals surface area contributed by atoms with Crippen molar-refractivity contribution in [3.8, 4) is 17.0 Å². The van der Waals surface area contributed by atoms with E-state index in [2.05, 4.69) is 36.6 Å². The predicted molar refractivity (Wildman–Crippen MR) is 141 cm³/mol. The maximum Gasteiger partial charge on any atom is 0.227 e. The average molecular weight is 470 g/mol. The molecule has 0 amide bonds. The fourth-order valence-electron chi connectivity index (χ4n) is 3.68. The Morgan fingerprint density at radius 3 is 2.62 bits per heavy atom. The molecule has 4 rings (SSSR count). The number of nitrogens with one attached hydrogen (secondary N) is 3. The minimum absolute atomic E-state index is 0. The van der Waals surface area contributed by atoms with Gasteiger partial charge < -0.3 is 30.3 Å². The Bertz CT molecular complexity index is 1250. The first-order valence-corrected chi connectivity index (χ1v) is 10.6. The lowest BCUT2D eigenvalue weighted by Crippen LogP contribution is -2.29. The molecule has 0 aliphatic rings. The van der Waals surface area contributed by atoms with E-state index in [1.54, 1.807) is 19.4 Å². The SMILES string of the molecule is COc1cc(N(C)CCN(C)C)c(NO)cc1Nc1nccc(-c2c[nH]c3ccccc23)n1.O.[HH].[HH]. The van der Waals surface area contributed by atoms with E-state index in [1.165, 1.54) is 0 Å². The molecular formula is C24H35N7O3. The number of fused-ring (bicyclic) bond motifs is 1. The van der Waals surface area contributed by atoms with Crippen LogP contribution in [-0.2, 0) is 0 Å². The normalized spacial score (nSPS) is 10.8. The van der Waals surface area contributed by atoms with Crippen molar-refractivity contribution in [3.05, 3.63) is 54.9 Å². The number of para-hydroxylation sites is 1. The molecule has 0 atom stereocenters. The summed E-state index contributed by atoms with van der Waals surface area (Å²) in [6, 6.07) is 13.6. The molecule has 0 radical (unpaired) electrons. The molecule has 6 N–H and O–H groups in total. The standard InChI is InChI=1S/C24H29N7O2.H2O.2H2/c1-30(2)11-12-31(3)22-14-23(33-4)21(13-20(22)29-32)28-24-25-10-9-19(27-24)17-15-26-18-8-6-5-7-16(17)18;;;/h5-10,13-15,26,29,32H,11-12H2,1-4H3,(H,25,27,28);1H2;2*1H. The van der Waals surface area contributed by atoms with Crippen molar-refractivity contribution in [2.45, 2.75) is 0 Å². The van der Waals surface area contributed by atoms with Crippen molar-refractivity contribution < 1.29 is 18.3 Å². The van der Waals surface area contributed by atoms with E-state index in [0.717, 1.165) is 40.9 Å². The molecule has 4 aromatic rings. The first-order valence-electron chi connectivity index (χ1n) is 10.6. The zero-order valence-corrected chi connectivity index (χ0v) is 19.8. The second-order valence-electron chi connectivity index (χ2n) is 8.04. The van der Waals surface area contributed by atoms with Crippen molar-refractivity contribution in [3.63, 3.8) is 0 Å². The highest BCUT2D eigenvalue weighted by molar-refractivity contribution is 5.94. The third-order valence-corrected chi connectivity index (χ3v) is 5.50. The molecule has 34 heavy (non-hydrogen) atoms. The molecule has 2 heterocycles. The maximum atomic E-state index is 9.78. The van der Waals surface area contributed by atoms with Gasteiger partial charge in [0.15, 0.2) is 0 Å². The molecule has 0 saturated carbocycles. The second kappa shape index (κ2) is 10.8. The molecule has 10 heteroatoms. The number of nitrogens with zero attached hydrogens (tertiary/aromatic N) is 4. The first-order chi connectivity index (χ1) is 16.0. The van der Waals surface area contributed by atoms with Crippen molar-refractivity contribution >= 4 is 33.9 Å². The van der Waals surface area contributed by atoms with Crippen LogP contribution in [0.3, 0.4) is 0 Å². The number of H-pyrrole nitrogens is 1. The highest BCUT2D eigenvalue weighted by Gasteiger charge is 2.16. The van der Waals surface area contributed by atoms with E-state index in [0.29, 0.717) is 23.1 Å². The number of hydrogen-bond donors (Lipinski definition) is 4. The van der Waals surface area contributed by atoms with E-state index >= 15 is 0 Å². The number of benzene rings is 2. The van der Waals surface area contributed by atoms with Crippen LogP contribution in [-0.4, -0.2) is 71.9 Å². The van der Waals surface area contributed by atoms with Crippen LogP contribution in [0.25, 0.3) is 22.2 Å². The molecule has 2 aromatic heterocycles. The summed E-state index contributed by atoms with van der Waals surface area (Å²) in [7, 11) is 7.63. The zero-order valence-electron chi connectivity index (χ0n) is 19.8. The largest absolute Gasteiger partial charge is 0.494 e. The Kier molecular flexibility index (Phi) is 7.90. The molecule has 0 aliphatic heterocycles. The number of hydrogen-bond acceptors (Lipinski definition) is 8. The molecule has 2 aromatic carbocycles. The van der Waals surface area contributed by atoms with Crippen molar-refractivity contribution in [1.29, 1.82) is 0 Å². The Morgan fingerprint density at radius 1 is 1.09 bits per heavy atom. The maximum absolute atomic E-state index is 9.78. The van der Waals surface area contributed by atoms with Gasteiger partial charge in [0.25, 0.3) is 0 Å². The summed E-state index contributed by atoms with van der Waals surface area (Å²) in [5.74, 6) is 1.04. The summed E-state index contributed by atoms with van der Waals surface area (Å²) in [6.07, 6.45) is 3.66. The number of rotatable bonds is 9. The Balaban J connectivity index is 0.00000216. The smallest absolute Gasteiger partial charge is 0.227 e. The molecule has 184 valence electrons. The van der Waals surface area contributed by atoms with E-state index in [4.69, 9.17) is 9.72 Å². The van der Waals surface area contributed by atoms with Crippen LogP contribution < -0.4 is 20.4 Å². The zero-order chi connectivity index (χ0) is 23.4. The highest BCUT2D eigenvalue weighted by Crippen LogP contribution is 2.37. The van der Waals surface area contributed by atoms with Crippen LogP contribution in [0.15, 0.2) is 54.9 Å². The van der Waals surface area contributed by atoms with Gasteiger partial charge in [0, 0.05) is 57.9 Å². The Hall–Kier alpha value is -3.86. The minimum atomic E-state index is 0. The molecule has 0 spiro atoms. The van der Waals surface area contributed by atoms with Gasteiger partial charge in [-0.25, -0.2) is 9.97 Å². The predicted octanol–water partition coefficient (Wildman–Crippen LogP) is 3.84. The Labute approximate surface area is 201 Å². The van der Waals surface area contributed by atoms with E-state index < -0.39 is 0 Å². The monoisotopic (exact) mass is 469 g/mol. The Morgan fingerprint density at radius 2 is 1.88 bits per heavy atom. The van der Waals surface area contributed by atoms with Gasteiger partial charge in [-0.15, -0.1) is 0 Å². The van der Waals surface area contributed by atoms with Crippen LogP contribution in [0.2, 0.25) is 0 Å². The van der Waals surface area contributed by atoms with E-state index in [-0.39, 0.29) is 8.33 Å². The first kappa shape index (κ1) is 24.8. The van der Waals surface area contributed by atoms with Gasteiger partial charge in [-0.1, -0.05) is 18.2 Å². The lowest BCUT2D eigenvalue weighted by Gasteiger charge is -2.25. The fraction of sp³-hybridized carbons (Fsp3) is 0.250. The van der Waals surface area contributed by atoms with E-state index in [1.807, 2.05) is 57.7 Å². The number of aromatic nitrogens is 3. The lowest BCUT2D eigenvalue weighted by atomic mass is 10.1. The summed E-state index contributed by atoms with van der Waals surface area (Å²) in [4.78, 5) is 16.5. The van der Waals surface area contributed by atoms with Crippen LogP contribution in [0.5, 0.6) is 5.75 Å². The summed E-state index contributed by atoms with van der Waals surface area (Å²) < 4.78 is 5.62. The summed E-state index contributed by atoms with van der Waals surface area (Å²) in [5.41, 5.74) is 7.14. The van der Waals surface area contributed by atoms with Crippen LogP contribution >= 0.6 is 0 Å². The third kappa shape index (κ3) is 5.20. The van der Waals surface area contributed by atoms with Gasteiger partial charge in [-0.2, -0.15) is 0 Å². The second-order valence-corrected chi connectivity index (χ2v) is 8.04. The molecular weight excluding hydrogens is 434 g/mol. The third-order valence-electron chi connectivity index (χ3n) is 5.50. The minimum Gasteiger partial charge on any atom is -0.494 e. The van der Waals surface area contributed by atoms with Gasteiger partial charge in [-0.05, 0) is 32.3 Å². The van der Waals surface area contributed by atoms with E-state index in [9.17, 15) is 5.21 Å². The van der Waals surface area contributed by atoms with Gasteiger partial charge in [0.2, 0.25) is 5.95 Å². The quantitative estimate of drug-likeness (QED) is 0.272. The van der Waals surface area contributed by atoms with Crippen LogP contribution in [0, 0.1) is 0 Å². The summed E-state index contributed by atoms with van der Waals surface area (Å²) in [5, 5.41) is 14.1. The fourth-order valence-corrected chi connectivity index (χ4v) is 3.68. The number of ether oxygens (including phenoxy) is 1. The van der Waals surface area contributed by atoms with Crippen molar-refractivity contribution in [2.75, 3.05) is 57.0 Å². The molecule has 10 nitrogen and oxygen atoms in total. The van der Waals surface area contributed by atoms with Crippen molar-refractivity contribution in [1.82, 2.24) is 19.9 Å². The van der Waals surface area contributed by atoms with Gasteiger partial charge >= 0.3 is 0 Å². The molecule has 0 unspecified atom stereocenters. The topological polar surface area (TPSA) is 133 Å². The molecule has 0 bridgehead atoms. The van der Waals surface area contributed by atoms with Gasteiger partial charge in [-0.3, -0.25) is 10.7 Å².